The van der Waals surface area contributed by atoms with Gasteiger partial charge >= 0.3 is 18.0 Å². The zero-order valence-electron chi connectivity index (χ0n) is 22.7. The van der Waals surface area contributed by atoms with E-state index in [4.69, 9.17) is 24.1 Å². The highest BCUT2D eigenvalue weighted by Gasteiger charge is 2.32. The van der Waals surface area contributed by atoms with Crippen LogP contribution in [0.1, 0.15) is 66.7 Å². The molecule has 2 amide bonds. The summed E-state index contributed by atoms with van der Waals surface area (Å²) in [5.74, 6) is -2.04. The minimum absolute atomic E-state index is 0.0599. The molecule has 0 atom stereocenters. The molecule has 0 bridgehead atoms. The van der Waals surface area contributed by atoms with Gasteiger partial charge in [-0.2, -0.15) is 0 Å². The van der Waals surface area contributed by atoms with Crippen molar-refractivity contribution in [3.63, 3.8) is 0 Å². The van der Waals surface area contributed by atoms with Gasteiger partial charge in [0.05, 0.1) is 32.8 Å². The van der Waals surface area contributed by atoms with Crippen LogP contribution in [0.15, 0.2) is 0 Å². The minimum Gasteiger partial charge on any atom is -0.478 e. The fourth-order valence-corrected chi connectivity index (χ4v) is 3.54. The van der Waals surface area contributed by atoms with Crippen LogP contribution in [0.2, 0.25) is 0 Å². The average molecular weight is 531 g/mol. The van der Waals surface area contributed by atoms with Crippen molar-refractivity contribution in [2.75, 3.05) is 46.1 Å². The molecule has 1 heterocycles. The number of aliphatic carboxylic acids is 1. The summed E-state index contributed by atoms with van der Waals surface area (Å²) in [5.41, 5.74) is -2.17. The smallest absolute Gasteiger partial charge is 0.410 e. The Balaban J connectivity index is 2.39. The maximum atomic E-state index is 12.7. The lowest BCUT2D eigenvalue weighted by molar-refractivity contribution is -0.175. The van der Waals surface area contributed by atoms with E-state index in [2.05, 4.69) is 0 Å². The van der Waals surface area contributed by atoms with Crippen molar-refractivity contribution in [1.82, 2.24) is 9.80 Å². The number of carbonyl (C=O) groups is 5. The number of carbonyl (C=O) groups excluding carboxylic acids is 4. The van der Waals surface area contributed by atoms with Crippen molar-refractivity contribution >= 4 is 30.2 Å². The van der Waals surface area contributed by atoms with Crippen LogP contribution in [0.5, 0.6) is 0 Å². The number of esters is 1. The number of rotatable bonds is 15. The van der Waals surface area contributed by atoms with Crippen molar-refractivity contribution < 1.29 is 48.0 Å². The summed E-state index contributed by atoms with van der Waals surface area (Å²) in [6.45, 7) is 10.1. The number of nitrogens with zero attached hydrogens (tertiary/aromatic N) is 2. The molecule has 37 heavy (non-hydrogen) atoms. The summed E-state index contributed by atoms with van der Waals surface area (Å²) in [4.78, 5) is 61.8. The van der Waals surface area contributed by atoms with Gasteiger partial charge in [0, 0.05) is 38.5 Å². The topological polar surface area (TPSA) is 149 Å². The molecule has 1 N–H and O–H groups in total. The molecule has 1 aliphatic rings. The Hall–Kier alpha value is -2.73. The van der Waals surface area contributed by atoms with E-state index in [1.165, 1.54) is 13.8 Å². The SMILES string of the molecule is CC(C)(C)OC(=O)N1CCC(N(CCOCCOCCC(=O)OC(C)(C)C(=O)O)C(=O)CCC=O)CC1. The van der Waals surface area contributed by atoms with E-state index >= 15 is 0 Å². The highest BCUT2D eigenvalue weighted by Crippen LogP contribution is 2.20. The fraction of sp³-hybridized carbons (Fsp3) is 0.800. The molecule has 0 saturated carbocycles. The lowest BCUT2D eigenvalue weighted by atomic mass is 10.0. The number of likely N-dealkylation sites (tertiary alicyclic amines) is 1. The Morgan fingerprint density at radius 2 is 1.51 bits per heavy atom. The Labute approximate surface area is 218 Å². The third-order valence-corrected chi connectivity index (χ3v) is 5.54. The molecule has 0 aromatic rings. The molecular formula is C25H42N2O10. The first-order valence-corrected chi connectivity index (χ1v) is 12.6. The lowest BCUT2D eigenvalue weighted by Gasteiger charge is -2.39. The van der Waals surface area contributed by atoms with Gasteiger partial charge in [-0.1, -0.05) is 0 Å². The summed E-state index contributed by atoms with van der Waals surface area (Å²) in [6.07, 6.45) is 1.73. The van der Waals surface area contributed by atoms with Crippen molar-refractivity contribution in [2.24, 2.45) is 0 Å². The largest absolute Gasteiger partial charge is 0.478 e. The minimum atomic E-state index is -1.60. The molecule has 0 spiro atoms. The van der Waals surface area contributed by atoms with Gasteiger partial charge in [0.2, 0.25) is 11.5 Å². The summed E-state index contributed by atoms with van der Waals surface area (Å²) >= 11 is 0. The molecule has 0 radical (unpaired) electrons. The van der Waals surface area contributed by atoms with Crippen LogP contribution in [0.25, 0.3) is 0 Å². The number of hydrogen-bond donors (Lipinski definition) is 1. The highest BCUT2D eigenvalue weighted by atomic mass is 16.6. The molecule has 12 nitrogen and oxygen atoms in total. The van der Waals surface area contributed by atoms with Crippen molar-refractivity contribution in [1.29, 1.82) is 0 Å². The standard InChI is InChI=1S/C25H42N2O10/c1-24(2,3)37-23(33)26-11-8-19(9-12-26)27(20(29)7-6-14-28)13-16-35-18-17-34-15-10-21(30)36-25(4,5)22(31)32/h14,19H,6-13,15-18H2,1-5H3,(H,31,32). The van der Waals surface area contributed by atoms with Gasteiger partial charge in [-0.25, -0.2) is 9.59 Å². The summed E-state index contributed by atoms with van der Waals surface area (Å²) in [5, 5.41) is 8.97. The second-order valence-corrected chi connectivity index (χ2v) is 10.3. The van der Waals surface area contributed by atoms with Crippen LogP contribution >= 0.6 is 0 Å². The first-order valence-electron chi connectivity index (χ1n) is 12.6. The molecule has 12 heteroatoms. The van der Waals surface area contributed by atoms with Crippen molar-refractivity contribution in [3.05, 3.63) is 0 Å². The second kappa shape index (κ2) is 15.5. The average Bonchev–Trinajstić information content (AvgIpc) is 2.80. The predicted octanol–water partition coefficient (Wildman–Crippen LogP) is 2.02. The van der Waals surface area contributed by atoms with Crippen LogP contribution < -0.4 is 0 Å². The van der Waals surface area contributed by atoms with Gasteiger partial charge < -0.3 is 38.6 Å². The van der Waals surface area contributed by atoms with E-state index in [-0.39, 0.29) is 63.7 Å². The maximum Gasteiger partial charge on any atom is 0.410 e. The summed E-state index contributed by atoms with van der Waals surface area (Å²) in [7, 11) is 0. The number of amides is 2. The van der Waals surface area contributed by atoms with Crippen LogP contribution in [0.3, 0.4) is 0 Å². The number of hydrogen-bond acceptors (Lipinski definition) is 9. The van der Waals surface area contributed by atoms with E-state index in [0.717, 1.165) is 0 Å². The van der Waals surface area contributed by atoms with E-state index in [1.54, 1.807) is 9.80 Å². The van der Waals surface area contributed by atoms with Gasteiger partial charge in [-0.3, -0.25) is 9.59 Å². The second-order valence-electron chi connectivity index (χ2n) is 10.3. The molecular weight excluding hydrogens is 488 g/mol. The Kier molecular flexibility index (Phi) is 13.5. The van der Waals surface area contributed by atoms with E-state index in [1.807, 2.05) is 20.8 Å². The van der Waals surface area contributed by atoms with Gasteiger partial charge in [0.15, 0.2) is 0 Å². The molecule has 0 aromatic heterocycles. The van der Waals surface area contributed by atoms with Crippen molar-refractivity contribution in [3.8, 4) is 0 Å². The van der Waals surface area contributed by atoms with E-state index in [0.29, 0.717) is 38.8 Å². The van der Waals surface area contributed by atoms with Crippen molar-refractivity contribution in [2.45, 2.75) is 84.0 Å². The number of piperidine rings is 1. The quantitative estimate of drug-likeness (QED) is 0.189. The summed E-state index contributed by atoms with van der Waals surface area (Å²) < 4.78 is 21.2. The van der Waals surface area contributed by atoms with E-state index in [9.17, 15) is 24.0 Å². The lowest BCUT2D eigenvalue weighted by Crippen LogP contribution is -2.50. The third kappa shape index (κ3) is 12.9. The molecule has 0 aliphatic carbocycles. The van der Waals surface area contributed by atoms with Gasteiger partial charge in [-0.15, -0.1) is 0 Å². The van der Waals surface area contributed by atoms with Crippen LogP contribution in [0, 0.1) is 0 Å². The number of carboxylic acid groups (broad SMARTS) is 1. The number of ether oxygens (including phenoxy) is 4. The van der Waals surface area contributed by atoms with Crippen LogP contribution in [-0.4, -0.2) is 108 Å². The Bertz CT molecular complexity index is 770. The molecule has 1 aliphatic heterocycles. The van der Waals surface area contributed by atoms with Gasteiger partial charge in [0.25, 0.3) is 0 Å². The van der Waals surface area contributed by atoms with Gasteiger partial charge in [0.1, 0.15) is 11.9 Å². The fourth-order valence-electron chi connectivity index (χ4n) is 3.54. The molecule has 0 aromatic carbocycles. The van der Waals surface area contributed by atoms with Gasteiger partial charge in [-0.05, 0) is 47.5 Å². The van der Waals surface area contributed by atoms with Crippen LogP contribution in [-0.2, 0) is 38.1 Å². The highest BCUT2D eigenvalue weighted by molar-refractivity contribution is 5.81. The normalized spacial score (nSPS) is 14.7. The van der Waals surface area contributed by atoms with Crippen LogP contribution in [0.4, 0.5) is 4.79 Å². The predicted molar refractivity (Wildman–Crippen MR) is 132 cm³/mol. The molecule has 1 fully saturated rings. The Morgan fingerprint density at radius 3 is 2.05 bits per heavy atom. The zero-order valence-corrected chi connectivity index (χ0v) is 22.7. The third-order valence-electron chi connectivity index (χ3n) is 5.54. The first kappa shape index (κ1) is 32.3. The zero-order chi connectivity index (χ0) is 28.1. The number of aldehydes is 1. The summed E-state index contributed by atoms with van der Waals surface area (Å²) in [6, 6.07) is -0.0706. The van der Waals surface area contributed by atoms with E-state index < -0.39 is 23.1 Å². The first-order chi connectivity index (χ1) is 17.3. The molecule has 1 saturated heterocycles. The number of carboxylic acids is 1. The monoisotopic (exact) mass is 530 g/mol. The molecule has 1 rings (SSSR count). The molecule has 0 unspecified atom stereocenters. The maximum absolute atomic E-state index is 12.7. The molecule has 212 valence electrons. The Morgan fingerprint density at radius 1 is 0.919 bits per heavy atom.